The van der Waals surface area contributed by atoms with E-state index >= 15 is 0 Å². The summed E-state index contributed by atoms with van der Waals surface area (Å²) in [4.78, 5) is 36.0. The smallest absolute Gasteiger partial charge is 0.307 e. The molecule has 28 heavy (non-hydrogen) atoms. The number of hydrogen-bond donors (Lipinski definition) is 1. The normalized spacial score (nSPS) is 10.8. The Hall–Kier alpha value is -2.05. The second kappa shape index (κ2) is 10.5. The maximum absolute atomic E-state index is 12.7. The van der Waals surface area contributed by atoms with E-state index in [4.69, 9.17) is 0 Å². The van der Waals surface area contributed by atoms with Gasteiger partial charge in [0, 0.05) is 6.20 Å². The van der Waals surface area contributed by atoms with E-state index in [1.165, 1.54) is 60.2 Å². The standard InChI is InChI=1S/C16H20N4O5S3/c1-24-11(21)5-10(6-12(22)25-2)20-8-9(7-17-20)18-14(23)13-15(26-3)19-28-16(13)27-4/h7-8,10H,5-6H2,1-4H3,(H,18,23). The number of aromatic nitrogens is 3. The molecule has 2 heterocycles. The van der Waals surface area contributed by atoms with Crippen LogP contribution in [0.5, 0.6) is 0 Å². The molecule has 2 rings (SSSR count). The first-order valence-corrected chi connectivity index (χ1v) is 11.2. The first-order valence-electron chi connectivity index (χ1n) is 8.00. The van der Waals surface area contributed by atoms with Gasteiger partial charge in [0.1, 0.15) is 5.03 Å². The number of nitrogens with zero attached hydrogens (tertiary/aromatic N) is 3. The molecule has 0 fully saturated rings. The molecule has 9 nitrogen and oxygen atoms in total. The number of carbonyl (C=O) groups excluding carboxylic acids is 3. The predicted octanol–water partition coefficient (Wildman–Crippen LogP) is 2.70. The van der Waals surface area contributed by atoms with Crippen molar-refractivity contribution in [3.8, 4) is 0 Å². The van der Waals surface area contributed by atoms with Gasteiger partial charge in [0.05, 0.1) is 54.8 Å². The van der Waals surface area contributed by atoms with Crippen LogP contribution in [0.25, 0.3) is 0 Å². The molecule has 0 saturated carbocycles. The Kier molecular flexibility index (Phi) is 8.33. The minimum absolute atomic E-state index is 0.0532. The summed E-state index contributed by atoms with van der Waals surface area (Å²) in [6.07, 6.45) is 6.65. The van der Waals surface area contributed by atoms with E-state index in [1.54, 1.807) is 6.20 Å². The number of esters is 2. The van der Waals surface area contributed by atoms with Crippen LogP contribution < -0.4 is 5.32 Å². The summed E-state index contributed by atoms with van der Waals surface area (Å²) in [6, 6.07) is -0.586. The fraction of sp³-hybridized carbons (Fsp3) is 0.438. The summed E-state index contributed by atoms with van der Waals surface area (Å²) in [5.41, 5.74) is 0.966. The number of nitrogens with one attached hydrogen (secondary N) is 1. The lowest BCUT2D eigenvalue weighted by atomic mass is 10.1. The van der Waals surface area contributed by atoms with Gasteiger partial charge in [-0.25, -0.2) is 0 Å². The molecule has 2 aromatic heterocycles. The van der Waals surface area contributed by atoms with Crippen LogP contribution in [-0.4, -0.2) is 58.7 Å². The topological polar surface area (TPSA) is 112 Å². The third kappa shape index (κ3) is 5.49. The van der Waals surface area contributed by atoms with Gasteiger partial charge < -0.3 is 14.8 Å². The number of ether oxygens (including phenoxy) is 2. The molecule has 12 heteroatoms. The van der Waals surface area contributed by atoms with E-state index in [2.05, 4.69) is 24.3 Å². The van der Waals surface area contributed by atoms with Gasteiger partial charge in [0.25, 0.3) is 5.91 Å². The van der Waals surface area contributed by atoms with Gasteiger partial charge in [-0.15, -0.1) is 23.5 Å². The van der Waals surface area contributed by atoms with E-state index in [9.17, 15) is 14.4 Å². The molecule has 0 aliphatic carbocycles. The van der Waals surface area contributed by atoms with Crippen molar-refractivity contribution in [3.63, 3.8) is 0 Å². The van der Waals surface area contributed by atoms with Crippen LogP contribution in [0.1, 0.15) is 29.2 Å². The predicted molar refractivity (Wildman–Crippen MR) is 108 cm³/mol. The van der Waals surface area contributed by atoms with Crippen LogP contribution in [0.3, 0.4) is 0 Å². The summed E-state index contributed by atoms with van der Waals surface area (Å²) < 4.78 is 15.9. The quantitative estimate of drug-likeness (QED) is 0.461. The van der Waals surface area contributed by atoms with Gasteiger partial charge in [-0.3, -0.25) is 19.1 Å². The fourth-order valence-electron chi connectivity index (χ4n) is 2.34. The van der Waals surface area contributed by atoms with Gasteiger partial charge >= 0.3 is 11.9 Å². The highest BCUT2D eigenvalue weighted by Crippen LogP contribution is 2.33. The lowest BCUT2D eigenvalue weighted by Gasteiger charge is -2.15. The number of thioether (sulfide) groups is 2. The van der Waals surface area contributed by atoms with E-state index < -0.39 is 18.0 Å². The number of anilines is 1. The third-order valence-electron chi connectivity index (χ3n) is 3.73. The monoisotopic (exact) mass is 444 g/mol. The number of hydrogen-bond acceptors (Lipinski definition) is 10. The lowest BCUT2D eigenvalue weighted by Crippen LogP contribution is -2.19. The highest BCUT2D eigenvalue weighted by Gasteiger charge is 2.23. The second-order valence-electron chi connectivity index (χ2n) is 5.44. The average molecular weight is 445 g/mol. The third-order valence-corrected chi connectivity index (χ3v) is 6.47. The summed E-state index contributed by atoms with van der Waals surface area (Å²) in [6.45, 7) is 0. The highest BCUT2D eigenvalue weighted by molar-refractivity contribution is 8.01. The SMILES string of the molecule is COC(=O)CC(CC(=O)OC)n1cc(NC(=O)c2c(SC)nsc2SC)cn1. The van der Waals surface area contributed by atoms with Gasteiger partial charge in [0.15, 0.2) is 0 Å². The van der Waals surface area contributed by atoms with Crippen molar-refractivity contribution in [1.29, 1.82) is 0 Å². The van der Waals surface area contributed by atoms with Crippen molar-refractivity contribution < 1.29 is 23.9 Å². The maximum Gasteiger partial charge on any atom is 0.307 e. The Balaban J connectivity index is 2.19. The zero-order valence-corrected chi connectivity index (χ0v) is 18.2. The van der Waals surface area contributed by atoms with Crippen LogP contribution in [0, 0.1) is 0 Å². The largest absolute Gasteiger partial charge is 0.469 e. The van der Waals surface area contributed by atoms with Crippen LogP contribution in [0.2, 0.25) is 0 Å². The minimum atomic E-state index is -0.586. The zero-order chi connectivity index (χ0) is 20.7. The maximum atomic E-state index is 12.7. The van der Waals surface area contributed by atoms with Crippen molar-refractivity contribution in [2.75, 3.05) is 32.0 Å². The lowest BCUT2D eigenvalue weighted by molar-refractivity contribution is -0.144. The molecule has 152 valence electrons. The Bertz CT molecular complexity index is 812. The Morgan fingerprint density at radius 3 is 2.36 bits per heavy atom. The molecule has 0 aromatic carbocycles. The summed E-state index contributed by atoms with van der Waals surface area (Å²) >= 11 is 4.13. The summed E-state index contributed by atoms with van der Waals surface area (Å²) in [7, 11) is 2.54. The Morgan fingerprint density at radius 2 is 1.82 bits per heavy atom. The van der Waals surface area contributed by atoms with Crippen molar-refractivity contribution in [3.05, 3.63) is 18.0 Å². The molecule has 0 radical (unpaired) electrons. The highest BCUT2D eigenvalue weighted by atomic mass is 32.2. The summed E-state index contributed by atoms with van der Waals surface area (Å²) in [5.74, 6) is -1.25. The number of amides is 1. The average Bonchev–Trinajstić information content (AvgIpc) is 3.33. The molecule has 1 N–H and O–H groups in total. The van der Waals surface area contributed by atoms with Gasteiger partial charge in [-0.1, -0.05) is 0 Å². The molecule has 0 saturated heterocycles. The van der Waals surface area contributed by atoms with Gasteiger partial charge in [0.2, 0.25) is 0 Å². The van der Waals surface area contributed by atoms with Crippen LogP contribution in [0.15, 0.2) is 21.6 Å². The molecule has 0 aliphatic rings. The molecule has 0 atom stereocenters. The number of carbonyl (C=O) groups is 3. The first kappa shape index (κ1) is 22.2. The molecule has 0 unspecified atom stereocenters. The second-order valence-corrected chi connectivity index (χ2v) is 8.08. The van der Waals surface area contributed by atoms with Crippen molar-refractivity contribution >= 4 is 58.6 Å². The fourth-order valence-corrected chi connectivity index (χ4v) is 4.62. The first-order chi connectivity index (χ1) is 13.4. The Labute approximate surface area is 174 Å². The zero-order valence-electron chi connectivity index (χ0n) is 15.8. The van der Waals surface area contributed by atoms with Gasteiger partial charge in [-0.05, 0) is 24.0 Å². The van der Waals surface area contributed by atoms with E-state index in [-0.39, 0.29) is 18.7 Å². The molecular formula is C16H20N4O5S3. The van der Waals surface area contributed by atoms with Crippen LogP contribution in [-0.2, 0) is 19.1 Å². The molecule has 1 amide bonds. The van der Waals surface area contributed by atoms with Crippen molar-refractivity contribution in [2.24, 2.45) is 0 Å². The Morgan fingerprint density at radius 1 is 1.18 bits per heavy atom. The molecule has 0 spiro atoms. The molecule has 2 aromatic rings. The van der Waals surface area contributed by atoms with Crippen molar-refractivity contribution in [1.82, 2.24) is 14.2 Å². The molecule has 0 bridgehead atoms. The van der Waals surface area contributed by atoms with E-state index in [0.29, 0.717) is 16.3 Å². The van der Waals surface area contributed by atoms with E-state index in [0.717, 1.165) is 4.21 Å². The van der Waals surface area contributed by atoms with Crippen LogP contribution >= 0.6 is 35.1 Å². The van der Waals surface area contributed by atoms with Crippen LogP contribution in [0.4, 0.5) is 5.69 Å². The minimum Gasteiger partial charge on any atom is -0.469 e. The van der Waals surface area contributed by atoms with E-state index in [1.807, 2.05) is 12.5 Å². The summed E-state index contributed by atoms with van der Waals surface area (Å²) in [5, 5.41) is 7.62. The number of methoxy groups -OCH3 is 2. The molecule has 0 aliphatic heterocycles. The molecular weight excluding hydrogens is 424 g/mol. The van der Waals surface area contributed by atoms with Gasteiger partial charge in [-0.2, -0.15) is 9.47 Å². The number of rotatable bonds is 9. The van der Waals surface area contributed by atoms with Crippen molar-refractivity contribution in [2.45, 2.75) is 28.1 Å².